The first kappa shape index (κ1) is 10.7. The number of rotatable bonds is 4. The molecule has 76 valence electrons. The molecule has 1 amide bonds. The summed E-state index contributed by atoms with van der Waals surface area (Å²) in [7, 11) is 1.89. The largest absolute Gasteiger partial charge is 0.369 e. The van der Waals surface area contributed by atoms with E-state index in [4.69, 9.17) is 5.73 Å². The van der Waals surface area contributed by atoms with Crippen molar-refractivity contribution in [3.8, 4) is 0 Å². The molecule has 0 aliphatic rings. The summed E-state index contributed by atoms with van der Waals surface area (Å²) in [5, 5.41) is 0. The molecule has 1 aromatic carbocycles. The van der Waals surface area contributed by atoms with Gasteiger partial charge in [-0.05, 0) is 19.5 Å². The highest BCUT2D eigenvalue weighted by molar-refractivity contribution is 5.75. The quantitative estimate of drug-likeness (QED) is 0.778. The molecular formula is C11H16N2O. The fourth-order valence-electron chi connectivity index (χ4n) is 1.37. The smallest absolute Gasteiger partial charge is 0.231 e. The molecule has 1 rings (SSSR count). The molecule has 0 unspecified atom stereocenters. The molecule has 3 heteroatoms. The van der Waals surface area contributed by atoms with Gasteiger partial charge in [0.25, 0.3) is 0 Å². The molecule has 0 fully saturated rings. The Balaban J connectivity index is 2.65. The Morgan fingerprint density at radius 1 is 1.43 bits per heavy atom. The molecule has 0 saturated heterocycles. The van der Waals surface area contributed by atoms with E-state index in [0.717, 1.165) is 0 Å². The first-order valence-electron chi connectivity index (χ1n) is 4.64. The number of hydrogen-bond donors (Lipinski definition) is 1. The van der Waals surface area contributed by atoms with Crippen molar-refractivity contribution >= 4 is 5.91 Å². The maximum Gasteiger partial charge on any atom is 0.231 e. The number of benzene rings is 1. The van der Waals surface area contributed by atoms with Gasteiger partial charge in [0.15, 0.2) is 0 Å². The molecule has 0 bridgehead atoms. The van der Waals surface area contributed by atoms with Crippen LogP contribution >= 0.6 is 0 Å². The Hall–Kier alpha value is -1.35. The molecule has 0 aliphatic heterocycles. The van der Waals surface area contributed by atoms with Gasteiger partial charge in [-0.25, -0.2) is 0 Å². The molecule has 0 aromatic heterocycles. The third-order valence-electron chi connectivity index (χ3n) is 2.35. The van der Waals surface area contributed by atoms with Crippen molar-refractivity contribution in [1.29, 1.82) is 0 Å². The van der Waals surface area contributed by atoms with Crippen LogP contribution in [0.1, 0.15) is 18.5 Å². The first-order valence-corrected chi connectivity index (χ1v) is 4.64. The summed E-state index contributed by atoms with van der Waals surface area (Å²) in [6.45, 7) is 2.34. The lowest BCUT2D eigenvalue weighted by Gasteiger charge is -2.23. The first-order chi connectivity index (χ1) is 6.61. The molecule has 14 heavy (non-hydrogen) atoms. The van der Waals surface area contributed by atoms with E-state index < -0.39 is 0 Å². The van der Waals surface area contributed by atoms with Gasteiger partial charge in [0, 0.05) is 6.04 Å². The van der Waals surface area contributed by atoms with Crippen molar-refractivity contribution in [2.45, 2.75) is 13.0 Å². The summed E-state index contributed by atoms with van der Waals surface area (Å²) in [5.74, 6) is -0.296. The van der Waals surface area contributed by atoms with Crippen molar-refractivity contribution in [2.75, 3.05) is 13.6 Å². The second kappa shape index (κ2) is 4.77. The molecule has 2 N–H and O–H groups in total. The van der Waals surface area contributed by atoms with Gasteiger partial charge in [0.05, 0.1) is 6.54 Å². The monoisotopic (exact) mass is 192 g/mol. The van der Waals surface area contributed by atoms with Crippen LogP contribution in [0.3, 0.4) is 0 Å². The van der Waals surface area contributed by atoms with Crippen LogP contribution in [-0.2, 0) is 4.79 Å². The minimum Gasteiger partial charge on any atom is -0.369 e. The van der Waals surface area contributed by atoms with Gasteiger partial charge in [-0.15, -0.1) is 0 Å². The second-order valence-corrected chi connectivity index (χ2v) is 3.47. The fourth-order valence-corrected chi connectivity index (χ4v) is 1.37. The zero-order chi connectivity index (χ0) is 10.6. The van der Waals surface area contributed by atoms with Crippen LogP contribution in [0.15, 0.2) is 30.3 Å². The Labute approximate surface area is 84.5 Å². The summed E-state index contributed by atoms with van der Waals surface area (Å²) < 4.78 is 0. The number of carbonyl (C=O) groups is 1. The summed E-state index contributed by atoms with van der Waals surface area (Å²) in [5.41, 5.74) is 6.32. The van der Waals surface area contributed by atoms with Gasteiger partial charge in [-0.2, -0.15) is 0 Å². The van der Waals surface area contributed by atoms with E-state index >= 15 is 0 Å². The molecular weight excluding hydrogens is 176 g/mol. The lowest BCUT2D eigenvalue weighted by atomic mass is 10.1. The van der Waals surface area contributed by atoms with Crippen LogP contribution < -0.4 is 5.73 Å². The third-order valence-corrected chi connectivity index (χ3v) is 2.35. The number of carbonyl (C=O) groups excluding carboxylic acids is 1. The second-order valence-electron chi connectivity index (χ2n) is 3.47. The summed E-state index contributed by atoms with van der Waals surface area (Å²) in [6, 6.07) is 10.3. The standard InChI is InChI=1S/C11H16N2O/c1-9(13(2)8-11(12)14)10-6-4-3-5-7-10/h3-7,9H,8H2,1-2H3,(H2,12,14)/t9-/m0/s1. The molecule has 0 aliphatic carbocycles. The average Bonchev–Trinajstić information content (AvgIpc) is 2.17. The van der Waals surface area contributed by atoms with E-state index in [2.05, 4.69) is 6.92 Å². The molecule has 1 aromatic rings. The van der Waals surface area contributed by atoms with Crippen LogP contribution in [0.5, 0.6) is 0 Å². The molecule has 0 heterocycles. The molecule has 3 nitrogen and oxygen atoms in total. The minimum absolute atomic E-state index is 0.212. The normalized spacial score (nSPS) is 12.8. The van der Waals surface area contributed by atoms with Gasteiger partial charge in [0.1, 0.15) is 0 Å². The number of amides is 1. The van der Waals surface area contributed by atoms with E-state index in [0.29, 0.717) is 0 Å². The van der Waals surface area contributed by atoms with Crippen LogP contribution in [0, 0.1) is 0 Å². The van der Waals surface area contributed by atoms with Gasteiger partial charge in [0.2, 0.25) is 5.91 Å². The zero-order valence-electron chi connectivity index (χ0n) is 8.60. The molecule has 0 saturated carbocycles. The number of primary amides is 1. The Bertz CT molecular complexity index is 297. The van der Waals surface area contributed by atoms with E-state index in [1.165, 1.54) is 5.56 Å². The van der Waals surface area contributed by atoms with Gasteiger partial charge in [-0.1, -0.05) is 30.3 Å². The van der Waals surface area contributed by atoms with Crippen LogP contribution in [0.25, 0.3) is 0 Å². The predicted molar refractivity (Wildman–Crippen MR) is 56.7 cm³/mol. The zero-order valence-corrected chi connectivity index (χ0v) is 8.60. The number of likely N-dealkylation sites (N-methyl/N-ethyl adjacent to an activating group) is 1. The van der Waals surface area contributed by atoms with Crippen molar-refractivity contribution in [1.82, 2.24) is 4.90 Å². The Morgan fingerprint density at radius 2 is 2.00 bits per heavy atom. The third kappa shape index (κ3) is 2.85. The lowest BCUT2D eigenvalue weighted by Crippen LogP contribution is -2.32. The highest BCUT2D eigenvalue weighted by atomic mass is 16.1. The Kier molecular flexibility index (Phi) is 3.65. The summed E-state index contributed by atoms with van der Waals surface area (Å²) in [6.07, 6.45) is 0. The maximum absolute atomic E-state index is 10.7. The van der Waals surface area contributed by atoms with Gasteiger partial charge < -0.3 is 5.73 Å². The van der Waals surface area contributed by atoms with E-state index in [-0.39, 0.29) is 18.5 Å². The van der Waals surface area contributed by atoms with Crippen LogP contribution in [0.2, 0.25) is 0 Å². The van der Waals surface area contributed by atoms with Crippen molar-refractivity contribution in [2.24, 2.45) is 5.73 Å². The highest BCUT2D eigenvalue weighted by Crippen LogP contribution is 2.17. The lowest BCUT2D eigenvalue weighted by molar-refractivity contribution is -0.119. The van der Waals surface area contributed by atoms with E-state index in [1.54, 1.807) is 0 Å². The van der Waals surface area contributed by atoms with E-state index in [1.807, 2.05) is 42.3 Å². The minimum atomic E-state index is -0.296. The number of nitrogens with zero attached hydrogens (tertiary/aromatic N) is 1. The van der Waals surface area contributed by atoms with E-state index in [9.17, 15) is 4.79 Å². The van der Waals surface area contributed by atoms with Crippen LogP contribution in [-0.4, -0.2) is 24.4 Å². The van der Waals surface area contributed by atoms with Crippen LogP contribution in [0.4, 0.5) is 0 Å². The Morgan fingerprint density at radius 3 is 2.50 bits per heavy atom. The summed E-state index contributed by atoms with van der Waals surface area (Å²) >= 11 is 0. The molecule has 1 atom stereocenters. The van der Waals surface area contributed by atoms with Crippen molar-refractivity contribution < 1.29 is 4.79 Å². The average molecular weight is 192 g/mol. The molecule has 0 radical (unpaired) electrons. The van der Waals surface area contributed by atoms with Crippen molar-refractivity contribution in [3.05, 3.63) is 35.9 Å². The maximum atomic E-state index is 10.7. The summed E-state index contributed by atoms with van der Waals surface area (Å²) in [4.78, 5) is 12.7. The highest BCUT2D eigenvalue weighted by Gasteiger charge is 2.12. The fraction of sp³-hybridized carbons (Fsp3) is 0.364. The number of nitrogens with two attached hydrogens (primary N) is 1. The van der Waals surface area contributed by atoms with Gasteiger partial charge in [-0.3, -0.25) is 9.69 Å². The topological polar surface area (TPSA) is 46.3 Å². The SMILES string of the molecule is C[C@@H](c1ccccc1)N(C)CC(N)=O. The van der Waals surface area contributed by atoms with Gasteiger partial charge >= 0.3 is 0 Å². The van der Waals surface area contributed by atoms with Crippen molar-refractivity contribution in [3.63, 3.8) is 0 Å². The predicted octanol–water partition coefficient (Wildman–Crippen LogP) is 1.16. The molecule has 0 spiro atoms. The number of hydrogen-bond acceptors (Lipinski definition) is 2.